The third-order valence-electron chi connectivity index (χ3n) is 3.42. The molecule has 1 aliphatic heterocycles. The van der Waals surface area contributed by atoms with Gasteiger partial charge in [0.2, 0.25) is 0 Å². The van der Waals surface area contributed by atoms with Gasteiger partial charge in [0.15, 0.2) is 0 Å². The number of anilines is 1. The van der Waals surface area contributed by atoms with E-state index in [0.29, 0.717) is 18.8 Å². The fraction of sp³-hybridized carbons (Fsp3) is 0.467. The number of carbonyl (C=O) groups is 2. The van der Waals surface area contributed by atoms with Crippen LogP contribution < -0.4 is 5.32 Å². The summed E-state index contributed by atoms with van der Waals surface area (Å²) in [6.45, 7) is 6.73. The van der Waals surface area contributed by atoms with Gasteiger partial charge in [0.1, 0.15) is 0 Å². The molecular weight excluding hydrogens is 272 g/mol. The van der Waals surface area contributed by atoms with Gasteiger partial charge in [-0.15, -0.1) is 0 Å². The molecular formula is C15H20N2O4. The minimum atomic E-state index is -0.980. The number of carboxylic acids is 1. The summed E-state index contributed by atoms with van der Waals surface area (Å²) in [4.78, 5) is 24.9. The van der Waals surface area contributed by atoms with Gasteiger partial charge < -0.3 is 20.1 Å². The number of benzene rings is 1. The highest BCUT2D eigenvalue weighted by Crippen LogP contribution is 2.18. The van der Waals surface area contributed by atoms with Crippen molar-refractivity contribution in [2.24, 2.45) is 0 Å². The summed E-state index contributed by atoms with van der Waals surface area (Å²) in [6.07, 6.45) is 0.0185. The van der Waals surface area contributed by atoms with Crippen LogP contribution >= 0.6 is 0 Å². The zero-order valence-electron chi connectivity index (χ0n) is 12.4. The van der Waals surface area contributed by atoms with Crippen LogP contribution in [0.25, 0.3) is 0 Å². The average molecular weight is 292 g/mol. The lowest BCUT2D eigenvalue weighted by Gasteiger charge is -2.35. The van der Waals surface area contributed by atoms with E-state index in [1.165, 1.54) is 6.07 Å². The van der Waals surface area contributed by atoms with E-state index in [4.69, 9.17) is 9.84 Å². The highest BCUT2D eigenvalue weighted by molar-refractivity contribution is 5.92. The summed E-state index contributed by atoms with van der Waals surface area (Å²) in [7, 11) is 0. The predicted octanol–water partition coefficient (Wildman–Crippen LogP) is 2.33. The molecule has 1 fully saturated rings. The summed E-state index contributed by atoms with van der Waals surface area (Å²) in [5.74, 6) is -0.980. The number of hydrogen-bond acceptors (Lipinski definition) is 3. The number of ether oxygens (including phenoxy) is 1. The molecule has 0 bridgehead atoms. The Morgan fingerprint density at radius 3 is 2.43 bits per heavy atom. The molecule has 0 unspecified atom stereocenters. The molecule has 0 radical (unpaired) electrons. The van der Waals surface area contributed by atoms with Crippen molar-refractivity contribution in [1.82, 2.24) is 4.90 Å². The Balaban J connectivity index is 2.07. The second-order valence-electron chi connectivity index (χ2n) is 5.43. The van der Waals surface area contributed by atoms with Crippen molar-refractivity contribution in [3.8, 4) is 0 Å². The summed E-state index contributed by atoms with van der Waals surface area (Å²) in [5, 5.41) is 11.8. The topological polar surface area (TPSA) is 78.9 Å². The van der Waals surface area contributed by atoms with E-state index in [1.807, 2.05) is 13.8 Å². The Kier molecular flexibility index (Phi) is 4.47. The Labute approximate surface area is 123 Å². The lowest BCUT2D eigenvalue weighted by molar-refractivity contribution is -0.0530. The Morgan fingerprint density at radius 2 is 1.90 bits per heavy atom. The highest BCUT2D eigenvalue weighted by Gasteiger charge is 2.26. The number of nitrogens with zero attached hydrogens (tertiary/aromatic N) is 1. The molecule has 6 nitrogen and oxygen atoms in total. The minimum Gasteiger partial charge on any atom is -0.478 e. The van der Waals surface area contributed by atoms with E-state index in [2.05, 4.69) is 5.32 Å². The third-order valence-corrected chi connectivity index (χ3v) is 3.42. The number of morpholine rings is 1. The number of hydrogen-bond donors (Lipinski definition) is 2. The summed E-state index contributed by atoms with van der Waals surface area (Å²) < 4.78 is 5.60. The monoisotopic (exact) mass is 292 g/mol. The Bertz CT molecular complexity index is 549. The molecule has 2 atom stereocenters. The molecule has 2 N–H and O–H groups in total. The van der Waals surface area contributed by atoms with E-state index in [9.17, 15) is 9.59 Å². The first-order valence-electron chi connectivity index (χ1n) is 6.92. The van der Waals surface area contributed by atoms with Gasteiger partial charge in [-0.25, -0.2) is 9.59 Å². The number of carbonyl (C=O) groups excluding carboxylic acids is 1. The quantitative estimate of drug-likeness (QED) is 0.877. The number of amides is 2. The lowest BCUT2D eigenvalue weighted by Crippen LogP contribution is -2.49. The second-order valence-corrected chi connectivity index (χ2v) is 5.43. The maximum absolute atomic E-state index is 12.3. The van der Waals surface area contributed by atoms with Crippen molar-refractivity contribution in [2.45, 2.75) is 33.0 Å². The van der Waals surface area contributed by atoms with Gasteiger partial charge in [-0.05, 0) is 44.5 Å². The van der Waals surface area contributed by atoms with E-state index in [-0.39, 0.29) is 23.8 Å². The summed E-state index contributed by atoms with van der Waals surface area (Å²) >= 11 is 0. The molecule has 1 aliphatic rings. The molecule has 2 rings (SSSR count). The fourth-order valence-corrected chi connectivity index (χ4v) is 2.47. The first-order valence-corrected chi connectivity index (χ1v) is 6.92. The minimum absolute atomic E-state index is 0.00924. The van der Waals surface area contributed by atoms with Crippen molar-refractivity contribution in [1.29, 1.82) is 0 Å². The van der Waals surface area contributed by atoms with Gasteiger partial charge in [-0.2, -0.15) is 0 Å². The molecule has 1 aromatic carbocycles. The number of aryl methyl sites for hydroxylation is 1. The fourth-order valence-electron chi connectivity index (χ4n) is 2.47. The molecule has 1 heterocycles. The third kappa shape index (κ3) is 3.72. The van der Waals surface area contributed by atoms with Crippen LogP contribution in [0.1, 0.15) is 29.8 Å². The van der Waals surface area contributed by atoms with Crippen LogP contribution in [0.2, 0.25) is 0 Å². The van der Waals surface area contributed by atoms with Crippen molar-refractivity contribution >= 4 is 17.7 Å². The van der Waals surface area contributed by atoms with Crippen LogP contribution in [0.4, 0.5) is 10.5 Å². The molecule has 6 heteroatoms. The van der Waals surface area contributed by atoms with Crippen molar-refractivity contribution < 1.29 is 19.4 Å². The largest absolute Gasteiger partial charge is 0.478 e. The zero-order chi connectivity index (χ0) is 15.6. The van der Waals surface area contributed by atoms with Crippen LogP contribution in [-0.4, -0.2) is 47.3 Å². The molecule has 1 aromatic rings. The average Bonchev–Trinajstić information content (AvgIpc) is 2.39. The van der Waals surface area contributed by atoms with Crippen LogP contribution in [0.3, 0.4) is 0 Å². The molecule has 0 spiro atoms. The first kappa shape index (κ1) is 15.3. The maximum Gasteiger partial charge on any atom is 0.335 e. The molecule has 114 valence electrons. The standard InChI is InChI=1S/C15H20N2O4/c1-9-6-12(14(18)19)4-5-13(9)16-15(20)17-7-10(2)21-11(3)8-17/h4-6,10-11H,7-8H2,1-3H3,(H,16,20)(H,18,19)/t10-,11+. The number of aromatic carboxylic acids is 1. The lowest BCUT2D eigenvalue weighted by atomic mass is 10.1. The summed E-state index contributed by atoms with van der Waals surface area (Å²) in [5.41, 5.74) is 1.55. The van der Waals surface area contributed by atoms with Crippen LogP contribution in [0, 0.1) is 6.92 Å². The molecule has 0 saturated carbocycles. The SMILES string of the molecule is Cc1cc(C(=O)O)ccc1NC(=O)N1C[C@@H](C)O[C@@H](C)C1. The zero-order valence-corrected chi connectivity index (χ0v) is 12.4. The summed E-state index contributed by atoms with van der Waals surface area (Å²) in [6, 6.07) is 4.45. The van der Waals surface area contributed by atoms with Crippen molar-refractivity contribution in [3.05, 3.63) is 29.3 Å². The predicted molar refractivity (Wildman–Crippen MR) is 78.7 cm³/mol. The molecule has 2 amide bonds. The van der Waals surface area contributed by atoms with Gasteiger partial charge in [0, 0.05) is 18.8 Å². The van der Waals surface area contributed by atoms with Crippen molar-refractivity contribution in [2.75, 3.05) is 18.4 Å². The maximum atomic E-state index is 12.3. The normalized spacial score (nSPS) is 22.0. The highest BCUT2D eigenvalue weighted by atomic mass is 16.5. The molecule has 21 heavy (non-hydrogen) atoms. The Hall–Kier alpha value is -2.08. The molecule has 0 aliphatic carbocycles. The number of urea groups is 1. The number of rotatable bonds is 2. The van der Waals surface area contributed by atoms with E-state index in [1.54, 1.807) is 24.0 Å². The molecule has 1 saturated heterocycles. The molecule has 0 aromatic heterocycles. The van der Waals surface area contributed by atoms with Crippen LogP contribution in [-0.2, 0) is 4.74 Å². The Morgan fingerprint density at radius 1 is 1.29 bits per heavy atom. The van der Waals surface area contributed by atoms with E-state index >= 15 is 0 Å². The number of nitrogens with one attached hydrogen (secondary N) is 1. The van der Waals surface area contributed by atoms with Gasteiger partial charge in [0.05, 0.1) is 17.8 Å². The van der Waals surface area contributed by atoms with Gasteiger partial charge in [-0.1, -0.05) is 0 Å². The van der Waals surface area contributed by atoms with Crippen LogP contribution in [0.15, 0.2) is 18.2 Å². The number of carboxylic acid groups (broad SMARTS) is 1. The second kappa shape index (κ2) is 6.13. The first-order chi connectivity index (χ1) is 9.86. The van der Waals surface area contributed by atoms with Gasteiger partial charge in [0.25, 0.3) is 0 Å². The smallest absolute Gasteiger partial charge is 0.335 e. The van der Waals surface area contributed by atoms with Gasteiger partial charge >= 0.3 is 12.0 Å². The van der Waals surface area contributed by atoms with Crippen molar-refractivity contribution in [3.63, 3.8) is 0 Å². The van der Waals surface area contributed by atoms with E-state index < -0.39 is 5.97 Å². The van der Waals surface area contributed by atoms with E-state index in [0.717, 1.165) is 5.56 Å². The van der Waals surface area contributed by atoms with Gasteiger partial charge in [-0.3, -0.25) is 0 Å². The van der Waals surface area contributed by atoms with Crippen LogP contribution in [0.5, 0.6) is 0 Å².